The van der Waals surface area contributed by atoms with Crippen LogP contribution >= 0.6 is 0 Å². The number of carbonyl (C=O) groups excluding carboxylic acids is 2. The molecule has 1 aliphatic heterocycles. The molecule has 70 valence electrons. The minimum absolute atomic E-state index is 0.00579. The molecule has 1 aliphatic rings. The van der Waals surface area contributed by atoms with Crippen LogP contribution in [0.25, 0.3) is 0 Å². The number of hydrogen-bond acceptors (Lipinski definition) is 2. The van der Waals surface area contributed by atoms with E-state index in [1.54, 1.807) is 11.9 Å². The number of rotatable bonds is 1. The van der Waals surface area contributed by atoms with Crippen molar-refractivity contribution in [2.75, 3.05) is 13.6 Å². The molecule has 4 nitrogen and oxygen atoms in total. The molecule has 1 atom stereocenters. The topological polar surface area (TPSA) is 49.4 Å². The number of nitrogens with one attached hydrogen (secondary N) is 1. The molecule has 1 rings (SSSR count). The number of piperidine rings is 1. The lowest BCUT2D eigenvalue weighted by molar-refractivity contribution is -0.133. The summed E-state index contributed by atoms with van der Waals surface area (Å²) in [5.41, 5.74) is 0. The fraction of sp³-hybridized carbons (Fsp3) is 0.556. The molecule has 0 radical (unpaired) electrons. The van der Waals surface area contributed by atoms with E-state index in [1.165, 1.54) is 0 Å². The van der Waals surface area contributed by atoms with E-state index in [4.69, 9.17) is 6.42 Å². The Morgan fingerprint density at radius 1 is 1.77 bits per heavy atom. The van der Waals surface area contributed by atoms with Crippen LogP contribution in [0.2, 0.25) is 0 Å². The van der Waals surface area contributed by atoms with Crippen LogP contribution in [-0.2, 0) is 9.59 Å². The lowest BCUT2D eigenvalue weighted by Crippen LogP contribution is -2.48. The SMILES string of the molecule is C#CC(=O)NC1CCC(=O)N(C)C1. The molecule has 0 aromatic rings. The summed E-state index contributed by atoms with van der Waals surface area (Å²) in [6, 6.07) is 0.00579. The first-order chi connectivity index (χ1) is 6.13. The molecule has 0 saturated carbocycles. The Bertz CT molecular complexity index is 267. The summed E-state index contributed by atoms with van der Waals surface area (Å²) >= 11 is 0. The Kier molecular flexibility index (Phi) is 2.91. The molecular formula is C9H12N2O2. The van der Waals surface area contributed by atoms with E-state index >= 15 is 0 Å². The summed E-state index contributed by atoms with van der Waals surface area (Å²) in [5.74, 6) is 1.69. The van der Waals surface area contributed by atoms with Crippen LogP contribution in [0.4, 0.5) is 0 Å². The van der Waals surface area contributed by atoms with E-state index in [-0.39, 0.29) is 11.9 Å². The van der Waals surface area contributed by atoms with Gasteiger partial charge in [-0.15, -0.1) is 6.42 Å². The molecule has 0 aromatic carbocycles. The van der Waals surface area contributed by atoms with Gasteiger partial charge in [-0.1, -0.05) is 0 Å². The summed E-state index contributed by atoms with van der Waals surface area (Å²) in [4.78, 5) is 23.5. The molecule has 0 bridgehead atoms. The number of likely N-dealkylation sites (tertiary alicyclic amines) is 1. The standard InChI is InChI=1S/C9H12N2O2/c1-3-8(12)10-7-4-5-9(13)11(2)6-7/h1,7H,4-6H2,2H3,(H,10,12). The smallest absolute Gasteiger partial charge is 0.295 e. The number of amides is 2. The maximum absolute atomic E-state index is 11.1. The number of carbonyl (C=O) groups is 2. The third-order valence-electron chi connectivity index (χ3n) is 2.09. The summed E-state index contributed by atoms with van der Waals surface area (Å²) in [5, 5.41) is 2.65. The largest absolute Gasteiger partial charge is 0.344 e. The summed E-state index contributed by atoms with van der Waals surface area (Å²) in [6.45, 7) is 0.548. The predicted molar refractivity (Wildman–Crippen MR) is 47.6 cm³/mol. The molecule has 1 heterocycles. The third-order valence-corrected chi connectivity index (χ3v) is 2.09. The third kappa shape index (κ3) is 2.48. The second kappa shape index (κ2) is 3.94. The normalized spacial score (nSPS) is 22.3. The van der Waals surface area contributed by atoms with Gasteiger partial charge in [0.05, 0.1) is 0 Å². The molecule has 1 saturated heterocycles. The number of hydrogen-bond donors (Lipinski definition) is 1. The molecule has 0 aliphatic carbocycles. The average molecular weight is 180 g/mol. The zero-order valence-electron chi connectivity index (χ0n) is 7.54. The predicted octanol–water partition coefficient (Wildman–Crippen LogP) is -0.643. The first kappa shape index (κ1) is 9.59. The van der Waals surface area contributed by atoms with Crippen LogP contribution < -0.4 is 5.32 Å². The van der Waals surface area contributed by atoms with Crippen LogP contribution in [0.1, 0.15) is 12.8 Å². The van der Waals surface area contributed by atoms with Crippen molar-refractivity contribution in [3.63, 3.8) is 0 Å². The Balaban J connectivity index is 2.43. The van der Waals surface area contributed by atoms with Crippen molar-refractivity contribution in [2.24, 2.45) is 0 Å². The van der Waals surface area contributed by atoms with Crippen LogP contribution in [-0.4, -0.2) is 36.3 Å². The maximum atomic E-state index is 11.1. The van der Waals surface area contributed by atoms with E-state index in [0.717, 1.165) is 0 Å². The maximum Gasteiger partial charge on any atom is 0.295 e. The molecule has 1 N–H and O–H groups in total. The highest BCUT2D eigenvalue weighted by atomic mass is 16.2. The van der Waals surface area contributed by atoms with Gasteiger partial charge in [-0.25, -0.2) is 0 Å². The van der Waals surface area contributed by atoms with Gasteiger partial charge < -0.3 is 10.2 Å². The van der Waals surface area contributed by atoms with Gasteiger partial charge in [0.1, 0.15) is 0 Å². The van der Waals surface area contributed by atoms with Crippen LogP contribution in [0.15, 0.2) is 0 Å². The average Bonchev–Trinajstić information content (AvgIpc) is 2.11. The van der Waals surface area contributed by atoms with Gasteiger partial charge in [-0.05, 0) is 12.3 Å². The van der Waals surface area contributed by atoms with Gasteiger partial charge in [0, 0.05) is 26.1 Å². The zero-order valence-corrected chi connectivity index (χ0v) is 7.54. The number of terminal acetylenes is 1. The summed E-state index contributed by atoms with van der Waals surface area (Å²) in [6.07, 6.45) is 6.06. The molecule has 1 unspecified atom stereocenters. The van der Waals surface area contributed by atoms with Crippen molar-refractivity contribution in [3.05, 3.63) is 0 Å². The van der Waals surface area contributed by atoms with Crippen molar-refractivity contribution in [1.29, 1.82) is 0 Å². The fourth-order valence-electron chi connectivity index (χ4n) is 1.36. The molecular weight excluding hydrogens is 168 g/mol. The van der Waals surface area contributed by atoms with Crippen LogP contribution in [0.5, 0.6) is 0 Å². The van der Waals surface area contributed by atoms with E-state index in [1.807, 2.05) is 5.92 Å². The zero-order chi connectivity index (χ0) is 9.84. The van der Waals surface area contributed by atoms with E-state index in [0.29, 0.717) is 19.4 Å². The minimum Gasteiger partial charge on any atom is -0.344 e. The summed E-state index contributed by atoms with van der Waals surface area (Å²) < 4.78 is 0. The van der Waals surface area contributed by atoms with Gasteiger partial charge in [0.15, 0.2) is 0 Å². The Hall–Kier alpha value is -1.50. The Morgan fingerprint density at radius 2 is 2.46 bits per heavy atom. The first-order valence-corrected chi connectivity index (χ1v) is 4.14. The van der Waals surface area contributed by atoms with Gasteiger partial charge in [-0.3, -0.25) is 9.59 Å². The van der Waals surface area contributed by atoms with E-state index < -0.39 is 5.91 Å². The Labute approximate surface area is 77.3 Å². The van der Waals surface area contributed by atoms with Gasteiger partial charge in [-0.2, -0.15) is 0 Å². The summed E-state index contributed by atoms with van der Waals surface area (Å²) in [7, 11) is 1.72. The highest BCUT2D eigenvalue weighted by Crippen LogP contribution is 2.08. The van der Waals surface area contributed by atoms with Crippen molar-refractivity contribution in [3.8, 4) is 12.3 Å². The quantitative estimate of drug-likeness (QED) is 0.545. The molecule has 0 aromatic heterocycles. The number of likely N-dealkylation sites (N-methyl/N-ethyl adjacent to an activating group) is 1. The van der Waals surface area contributed by atoms with E-state index in [2.05, 4.69) is 5.32 Å². The lowest BCUT2D eigenvalue weighted by Gasteiger charge is -2.29. The molecule has 13 heavy (non-hydrogen) atoms. The lowest BCUT2D eigenvalue weighted by atomic mass is 10.1. The first-order valence-electron chi connectivity index (χ1n) is 4.14. The van der Waals surface area contributed by atoms with Crippen molar-refractivity contribution in [1.82, 2.24) is 10.2 Å². The second-order valence-corrected chi connectivity index (χ2v) is 3.13. The van der Waals surface area contributed by atoms with Crippen LogP contribution in [0.3, 0.4) is 0 Å². The fourth-order valence-corrected chi connectivity index (χ4v) is 1.36. The Morgan fingerprint density at radius 3 is 3.00 bits per heavy atom. The van der Waals surface area contributed by atoms with E-state index in [9.17, 15) is 9.59 Å². The molecule has 0 spiro atoms. The van der Waals surface area contributed by atoms with Crippen molar-refractivity contribution in [2.45, 2.75) is 18.9 Å². The van der Waals surface area contributed by atoms with Gasteiger partial charge in [0.25, 0.3) is 5.91 Å². The number of nitrogens with zero attached hydrogens (tertiary/aromatic N) is 1. The molecule has 1 fully saturated rings. The minimum atomic E-state index is -0.409. The van der Waals surface area contributed by atoms with Gasteiger partial charge in [0.2, 0.25) is 5.91 Å². The molecule has 4 heteroatoms. The van der Waals surface area contributed by atoms with Gasteiger partial charge >= 0.3 is 0 Å². The van der Waals surface area contributed by atoms with Crippen molar-refractivity contribution < 1.29 is 9.59 Å². The highest BCUT2D eigenvalue weighted by molar-refractivity contribution is 5.93. The van der Waals surface area contributed by atoms with Crippen LogP contribution in [0, 0.1) is 12.3 Å². The monoisotopic (exact) mass is 180 g/mol. The van der Waals surface area contributed by atoms with Crippen molar-refractivity contribution >= 4 is 11.8 Å². The highest BCUT2D eigenvalue weighted by Gasteiger charge is 2.23. The second-order valence-electron chi connectivity index (χ2n) is 3.13. The molecule has 2 amide bonds.